The molecular weight excluding hydrogens is 312 g/mol. The van der Waals surface area contributed by atoms with E-state index >= 15 is 0 Å². The maximum Gasteiger partial charge on any atom is 0.101 e. The van der Waals surface area contributed by atoms with Crippen LogP contribution in [0.5, 0.6) is 0 Å². The van der Waals surface area contributed by atoms with Crippen molar-refractivity contribution in [3.8, 4) is 6.07 Å². The molecule has 3 heteroatoms. The molecule has 0 N–H and O–H groups in total. The van der Waals surface area contributed by atoms with Gasteiger partial charge in [-0.15, -0.1) is 0 Å². The highest BCUT2D eigenvalue weighted by Crippen LogP contribution is 2.46. The van der Waals surface area contributed by atoms with Crippen LogP contribution in [0.15, 0.2) is 18.2 Å². The van der Waals surface area contributed by atoms with Gasteiger partial charge in [0, 0.05) is 18.4 Å². The number of halogens is 1. The van der Waals surface area contributed by atoms with Crippen LogP contribution in [0.1, 0.15) is 49.7 Å². The van der Waals surface area contributed by atoms with Crippen molar-refractivity contribution in [1.82, 2.24) is 0 Å². The smallest absolute Gasteiger partial charge is 0.101 e. The Balaban J connectivity index is 1.76. The molecule has 0 bridgehead atoms. The molecular formula is C17H21BrN2. The van der Waals surface area contributed by atoms with E-state index in [4.69, 9.17) is 0 Å². The normalized spacial score (nSPS) is 21.1. The quantitative estimate of drug-likeness (QED) is 0.739. The monoisotopic (exact) mass is 332 g/mol. The highest BCUT2D eigenvalue weighted by Gasteiger charge is 2.37. The third-order valence-electron chi connectivity index (χ3n) is 5.16. The van der Waals surface area contributed by atoms with Gasteiger partial charge in [-0.25, -0.2) is 0 Å². The fourth-order valence-electron chi connectivity index (χ4n) is 3.88. The van der Waals surface area contributed by atoms with E-state index in [0.29, 0.717) is 5.41 Å². The summed E-state index contributed by atoms with van der Waals surface area (Å²) in [6.45, 7) is 2.23. The third kappa shape index (κ3) is 2.59. The first-order chi connectivity index (χ1) is 9.76. The van der Waals surface area contributed by atoms with Crippen LogP contribution in [0.2, 0.25) is 0 Å². The number of piperidine rings is 1. The molecule has 1 saturated heterocycles. The molecule has 1 aliphatic carbocycles. The highest BCUT2D eigenvalue weighted by molar-refractivity contribution is 9.08. The first-order valence-electron chi connectivity index (χ1n) is 7.60. The van der Waals surface area contributed by atoms with E-state index < -0.39 is 0 Å². The number of rotatable bonds is 2. The van der Waals surface area contributed by atoms with Gasteiger partial charge < -0.3 is 4.90 Å². The molecule has 20 heavy (non-hydrogen) atoms. The molecule has 0 amide bonds. The highest BCUT2D eigenvalue weighted by atomic mass is 79.9. The van der Waals surface area contributed by atoms with E-state index in [1.807, 2.05) is 6.07 Å². The summed E-state index contributed by atoms with van der Waals surface area (Å²) in [6.07, 6.45) is 8.30. The number of hydrogen-bond donors (Lipinski definition) is 0. The van der Waals surface area contributed by atoms with Gasteiger partial charge in [0.25, 0.3) is 0 Å². The Bertz CT molecular complexity index is 516. The minimum absolute atomic E-state index is 0.638. The zero-order valence-electron chi connectivity index (χ0n) is 11.9. The average Bonchev–Trinajstić information content (AvgIpc) is 2.96. The van der Waals surface area contributed by atoms with Gasteiger partial charge in [0.15, 0.2) is 0 Å². The zero-order valence-corrected chi connectivity index (χ0v) is 13.5. The third-order valence-corrected chi connectivity index (χ3v) is 5.81. The Morgan fingerprint density at radius 1 is 1.15 bits per heavy atom. The fourth-order valence-corrected chi connectivity index (χ4v) is 4.23. The predicted octanol–water partition coefficient (Wildman–Crippen LogP) is 4.61. The van der Waals surface area contributed by atoms with E-state index in [1.165, 1.54) is 44.1 Å². The van der Waals surface area contributed by atoms with Crippen LogP contribution in [0.4, 0.5) is 5.69 Å². The van der Waals surface area contributed by atoms with Crippen molar-refractivity contribution in [3.05, 3.63) is 29.3 Å². The van der Waals surface area contributed by atoms with Gasteiger partial charge in [-0.3, -0.25) is 0 Å². The van der Waals surface area contributed by atoms with Crippen molar-refractivity contribution in [2.45, 2.75) is 43.9 Å². The van der Waals surface area contributed by atoms with Gasteiger partial charge in [0.05, 0.1) is 11.3 Å². The van der Waals surface area contributed by atoms with E-state index in [1.54, 1.807) is 0 Å². The van der Waals surface area contributed by atoms with Crippen LogP contribution in [-0.4, -0.2) is 13.1 Å². The van der Waals surface area contributed by atoms with Crippen molar-refractivity contribution < 1.29 is 0 Å². The second-order valence-electron chi connectivity index (χ2n) is 6.29. The van der Waals surface area contributed by atoms with Crippen molar-refractivity contribution in [2.24, 2.45) is 5.41 Å². The topological polar surface area (TPSA) is 27.0 Å². The van der Waals surface area contributed by atoms with Crippen LogP contribution in [0, 0.1) is 16.7 Å². The molecule has 1 aromatic rings. The number of hydrogen-bond acceptors (Lipinski definition) is 2. The van der Waals surface area contributed by atoms with Gasteiger partial charge in [-0.1, -0.05) is 34.8 Å². The summed E-state index contributed by atoms with van der Waals surface area (Å²) in [5.41, 5.74) is 3.77. The molecule has 1 spiro atoms. The molecule has 1 heterocycles. The van der Waals surface area contributed by atoms with Gasteiger partial charge in [-0.05, 0) is 48.8 Å². The number of benzene rings is 1. The second-order valence-corrected chi connectivity index (χ2v) is 6.85. The molecule has 2 fully saturated rings. The Morgan fingerprint density at radius 3 is 2.45 bits per heavy atom. The summed E-state index contributed by atoms with van der Waals surface area (Å²) in [5, 5.41) is 10.2. The van der Waals surface area contributed by atoms with Crippen LogP contribution < -0.4 is 4.90 Å². The number of nitrogens with zero attached hydrogens (tertiary/aromatic N) is 2. The van der Waals surface area contributed by atoms with Crippen molar-refractivity contribution in [2.75, 3.05) is 18.0 Å². The summed E-state index contributed by atoms with van der Waals surface area (Å²) in [6, 6.07) is 8.64. The molecule has 0 atom stereocenters. The molecule has 0 aromatic heterocycles. The minimum Gasteiger partial charge on any atom is -0.370 e. The van der Waals surface area contributed by atoms with Crippen LogP contribution >= 0.6 is 15.9 Å². The molecule has 2 nitrogen and oxygen atoms in total. The van der Waals surface area contributed by atoms with Crippen LogP contribution in [0.3, 0.4) is 0 Å². The number of alkyl halides is 1. The molecule has 2 aliphatic rings. The summed E-state index contributed by atoms with van der Waals surface area (Å²) in [7, 11) is 0. The summed E-state index contributed by atoms with van der Waals surface area (Å²) in [4.78, 5) is 2.42. The predicted molar refractivity (Wildman–Crippen MR) is 86.1 cm³/mol. The lowest BCUT2D eigenvalue weighted by atomic mass is 9.77. The SMILES string of the molecule is N#Cc1cc(CBr)ccc1N1CCC2(CCCC2)CC1. The molecule has 3 rings (SSSR count). The van der Waals surface area contributed by atoms with E-state index in [9.17, 15) is 5.26 Å². The first kappa shape index (κ1) is 13.9. The van der Waals surface area contributed by atoms with Crippen molar-refractivity contribution >= 4 is 21.6 Å². The maximum atomic E-state index is 9.38. The Labute approximate surface area is 129 Å². The molecule has 1 saturated carbocycles. The number of anilines is 1. The van der Waals surface area contributed by atoms with Crippen molar-refractivity contribution in [1.29, 1.82) is 5.26 Å². The lowest BCUT2D eigenvalue weighted by Crippen LogP contribution is -2.39. The van der Waals surface area contributed by atoms with E-state index in [2.05, 4.69) is 39.0 Å². The van der Waals surface area contributed by atoms with Crippen LogP contribution in [0.25, 0.3) is 0 Å². The molecule has 106 valence electrons. The number of nitriles is 1. The van der Waals surface area contributed by atoms with Gasteiger partial charge in [0.1, 0.15) is 6.07 Å². The maximum absolute atomic E-state index is 9.38. The minimum atomic E-state index is 0.638. The standard InChI is InChI=1S/C17H21BrN2/c18-12-14-3-4-16(15(11-14)13-19)20-9-7-17(8-10-20)5-1-2-6-17/h3-4,11H,1-2,5-10,12H2. The largest absolute Gasteiger partial charge is 0.370 e. The summed E-state index contributed by atoms with van der Waals surface area (Å²) >= 11 is 3.46. The van der Waals surface area contributed by atoms with Crippen LogP contribution in [-0.2, 0) is 5.33 Å². The van der Waals surface area contributed by atoms with E-state index in [-0.39, 0.29) is 0 Å². The molecule has 1 aliphatic heterocycles. The Kier molecular flexibility index (Phi) is 4.03. The van der Waals surface area contributed by atoms with Gasteiger partial charge in [-0.2, -0.15) is 5.26 Å². The first-order valence-corrected chi connectivity index (χ1v) is 8.72. The Morgan fingerprint density at radius 2 is 1.85 bits per heavy atom. The molecule has 0 unspecified atom stereocenters. The van der Waals surface area contributed by atoms with E-state index in [0.717, 1.165) is 29.7 Å². The fraction of sp³-hybridized carbons (Fsp3) is 0.588. The molecule has 1 aromatic carbocycles. The summed E-state index contributed by atoms with van der Waals surface area (Å²) in [5.74, 6) is 0. The lowest BCUT2D eigenvalue weighted by Gasteiger charge is -2.40. The average molecular weight is 333 g/mol. The second kappa shape index (κ2) is 5.77. The Hall–Kier alpha value is -1.01. The van der Waals surface area contributed by atoms with Gasteiger partial charge >= 0.3 is 0 Å². The van der Waals surface area contributed by atoms with Crippen molar-refractivity contribution in [3.63, 3.8) is 0 Å². The summed E-state index contributed by atoms with van der Waals surface area (Å²) < 4.78 is 0. The lowest BCUT2D eigenvalue weighted by molar-refractivity contribution is 0.226. The zero-order chi connectivity index (χ0) is 14.0. The molecule has 0 radical (unpaired) electrons. The van der Waals surface area contributed by atoms with Gasteiger partial charge in [0.2, 0.25) is 0 Å².